The maximum atomic E-state index is 13.0. The highest BCUT2D eigenvalue weighted by atomic mass is 16.2. The number of carbonyl (C=O) groups excluding carboxylic acids is 3. The van der Waals surface area contributed by atoms with Crippen molar-refractivity contribution in [2.24, 2.45) is 0 Å². The van der Waals surface area contributed by atoms with Crippen LogP contribution in [-0.4, -0.2) is 39.5 Å². The fourth-order valence-electron chi connectivity index (χ4n) is 3.46. The first kappa shape index (κ1) is 19.4. The zero-order valence-electron chi connectivity index (χ0n) is 16.6. The van der Waals surface area contributed by atoms with E-state index >= 15 is 0 Å². The molecule has 1 atom stereocenters. The molecule has 1 aromatic heterocycles. The third-order valence-corrected chi connectivity index (χ3v) is 5.18. The minimum atomic E-state index is -1.21. The summed E-state index contributed by atoms with van der Waals surface area (Å²) < 4.78 is 0. The summed E-state index contributed by atoms with van der Waals surface area (Å²) in [5.41, 5.74) is 2.47. The molecule has 2 heterocycles. The molecule has 4 rings (SSSR count). The van der Waals surface area contributed by atoms with Crippen LogP contribution in [0.2, 0.25) is 0 Å². The number of nitrogens with one attached hydrogen (secondary N) is 3. The molecular weight excluding hydrogens is 382 g/mol. The lowest BCUT2D eigenvalue weighted by Crippen LogP contribution is -2.42. The van der Waals surface area contributed by atoms with E-state index < -0.39 is 29.9 Å². The monoisotopic (exact) mass is 403 g/mol. The zero-order chi connectivity index (χ0) is 21.3. The highest BCUT2D eigenvalue weighted by Gasteiger charge is 2.49. The summed E-state index contributed by atoms with van der Waals surface area (Å²) in [5.74, 6) is -0.966. The zero-order valence-corrected chi connectivity index (χ0v) is 16.6. The van der Waals surface area contributed by atoms with Gasteiger partial charge in [-0.3, -0.25) is 19.6 Å². The topological polar surface area (TPSA) is 107 Å². The first-order chi connectivity index (χ1) is 14.4. The first-order valence-electron chi connectivity index (χ1n) is 9.48. The van der Waals surface area contributed by atoms with Gasteiger partial charge in [-0.1, -0.05) is 60.2 Å². The van der Waals surface area contributed by atoms with E-state index in [1.165, 1.54) is 6.20 Å². The Hall–Kier alpha value is -3.94. The second-order valence-corrected chi connectivity index (χ2v) is 7.39. The van der Waals surface area contributed by atoms with E-state index in [1.54, 1.807) is 19.1 Å². The molecule has 152 valence electrons. The van der Waals surface area contributed by atoms with Gasteiger partial charge >= 0.3 is 6.03 Å². The van der Waals surface area contributed by atoms with E-state index in [0.29, 0.717) is 16.9 Å². The van der Waals surface area contributed by atoms with Gasteiger partial charge in [-0.2, -0.15) is 5.10 Å². The van der Waals surface area contributed by atoms with Gasteiger partial charge < -0.3 is 10.6 Å². The Labute approximate surface area is 173 Å². The third kappa shape index (κ3) is 3.43. The molecule has 3 aromatic rings. The minimum Gasteiger partial charge on any atom is -0.321 e. The average Bonchev–Trinajstić information content (AvgIpc) is 3.28. The van der Waals surface area contributed by atoms with Crippen molar-refractivity contribution in [3.05, 3.63) is 71.9 Å². The summed E-state index contributed by atoms with van der Waals surface area (Å²) in [7, 11) is 0. The SMILES string of the molecule is Cc1ccc(C2(C)NC(=O)N(CC(=O)Nc3cn[nH]c3-c3ccccc3)C2=O)cc1. The average molecular weight is 403 g/mol. The van der Waals surface area contributed by atoms with Gasteiger partial charge in [-0.25, -0.2) is 4.79 Å². The number of anilines is 1. The molecular formula is C22H21N5O3. The van der Waals surface area contributed by atoms with Crippen molar-refractivity contribution in [1.82, 2.24) is 20.4 Å². The molecule has 0 saturated carbocycles. The number of nitrogens with zero attached hydrogens (tertiary/aromatic N) is 2. The van der Waals surface area contributed by atoms with Crippen molar-refractivity contribution >= 4 is 23.5 Å². The predicted octanol–water partition coefficient (Wildman–Crippen LogP) is 2.79. The molecule has 1 aliphatic heterocycles. The second kappa shape index (κ2) is 7.47. The molecule has 30 heavy (non-hydrogen) atoms. The maximum absolute atomic E-state index is 13.0. The first-order valence-corrected chi connectivity index (χ1v) is 9.48. The van der Waals surface area contributed by atoms with Gasteiger partial charge in [0.2, 0.25) is 5.91 Å². The fourth-order valence-corrected chi connectivity index (χ4v) is 3.46. The molecule has 1 saturated heterocycles. The van der Waals surface area contributed by atoms with Crippen LogP contribution in [0.15, 0.2) is 60.8 Å². The van der Waals surface area contributed by atoms with E-state index in [1.807, 2.05) is 49.4 Å². The van der Waals surface area contributed by atoms with Crippen molar-refractivity contribution in [3.63, 3.8) is 0 Å². The third-order valence-electron chi connectivity index (χ3n) is 5.18. The Morgan fingerprint density at radius 3 is 2.50 bits per heavy atom. The Balaban J connectivity index is 1.49. The van der Waals surface area contributed by atoms with E-state index in [2.05, 4.69) is 20.8 Å². The number of aromatic amines is 1. The number of carbonyl (C=O) groups is 3. The summed E-state index contributed by atoms with van der Waals surface area (Å²) in [5, 5.41) is 12.3. The van der Waals surface area contributed by atoms with Crippen LogP contribution >= 0.6 is 0 Å². The minimum absolute atomic E-state index is 0.397. The van der Waals surface area contributed by atoms with E-state index in [9.17, 15) is 14.4 Å². The lowest BCUT2D eigenvalue weighted by molar-refractivity contribution is -0.133. The van der Waals surface area contributed by atoms with Gasteiger partial charge in [-0.05, 0) is 19.4 Å². The van der Waals surface area contributed by atoms with Gasteiger partial charge in [0.1, 0.15) is 12.1 Å². The molecule has 8 nitrogen and oxygen atoms in total. The van der Waals surface area contributed by atoms with Crippen LogP contribution in [0, 0.1) is 6.92 Å². The van der Waals surface area contributed by atoms with Crippen LogP contribution in [0.4, 0.5) is 10.5 Å². The highest BCUT2D eigenvalue weighted by molar-refractivity contribution is 6.10. The largest absolute Gasteiger partial charge is 0.325 e. The normalized spacial score (nSPS) is 18.4. The van der Waals surface area contributed by atoms with Gasteiger partial charge in [0.15, 0.2) is 0 Å². The molecule has 0 radical (unpaired) electrons. The van der Waals surface area contributed by atoms with Gasteiger partial charge in [0, 0.05) is 5.56 Å². The Kier molecular flexibility index (Phi) is 4.83. The molecule has 1 fully saturated rings. The fraction of sp³-hybridized carbons (Fsp3) is 0.182. The molecule has 3 N–H and O–H groups in total. The van der Waals surface area contributed by atoms with Crippen LogP contribution in [0.3, 0.4) is 0 Å². The van der Waals surface area contributed by atoms with Crippen molar-refractivity contribution in [2.75, 3.05) is 11.9 Å². The van der Waals surface area contributed by atoms with Crippen LogP contribution in [0.25, 0.3) is 11.3 Å². The molecule has 0 bridgehead atoms. The summed E-state index contributed by atoms with van der Waals surface area (Å²) in [6.07, 6.45) is 1.49. The van der Waals surface area contributed by atoms with Crippen LogP contribution in [0.1, 0.15) is 18.1 Å². The van der Waals surface area contributed by atoms with Gasteiger partial charge in [-0.15, -0.1) is 0 Å². The van der Waals surface area contributed by atoms with Gasteiger partial charge in [0.25, 0.3) is 5.91 Å². The number of hydrogen-bond acceptors (Lipinski definition) is 4. The summed E-state index contributed by atoms with van der Waals surface area (Å²) in [6, 6.07) is 16.2. The number of rotatable bonds is 5. The van der Waals surface area contributed by atoms with E-state index in [4.69, 9.17) is 0 Å². The molecule has 0 spiro atoms. The Morgan fingerprint density at radius 2 is 1.80 bits per heavy atom. The lowest BCUT2D eigenvalue weighted by Gasteiger charge is -2.22. The quantitative estimate of drug-likeness (QED) is 0.570. The molecule has 1 aliphatic rings. The predicted molar refractivity (Wildman–Crippen MR) is 111 cm³/mol. The van der Waals surface area contributed by atoms with Crippen LogP contribution in [0.5, 0.6) is 0 Å². The van der Waals surface area contributed by atoms with E-state index in [0.717, 1.165) is 16.0 Å². The van der Waals surface area contributed by atoms with Crippen molar-refractivity contribution in [3.8, 4) is 11.3 Å². The van der Waals surface area contributed by atoms with Gasteiger partial charge in [0.05, 0.1) is 17.6 Å². The number of amides is 4. The number of imide groups is 1. The smallest absolute Gasteiger partial charge is 0.321 e. The van der Waals surface area contributed by atoms with Crippen LogP contribution in [-0.2, 0) is 15.1 Å². The number of benzene rings is 2. The second-order valence-electron chi connectivity index (χ2n) is 7.39. The number of H-pyrrole nitrogens is 1. The highest BCUT2D eigenvalue weighted by Crippen LogP contribution is 2.29. The Bertz CT molecular complexity index is 1110. The maximum Gasteiger partial charge on any atom is 0.325 e. The van der Waals surface area contributed by atoms with Crippen LogP contribution < -0.4 is 10.6 Å². The molecule has 2 aromatic carbocycles. The van der Waals surface area contributed by atoms with E-state index in [-0.39, 0.29) is 0 Å². The molecule has 1 unspecified atom stereocenters. The summed E-state index contributed by atoms with van der Waals surface area (Å²) >= 11 is 0. The molecule has 0 aliphatic carbocycles. The van der Waals surface area contributed by atoms with Crippen molar-refractivity contribution in [1.29, 1.82) is 0 Å². The lowest BCUT2D eigenvalue weighted by atomic mass is 9.91. The van der Waals surface area contributed by atoms with Crippen molar-refractivity contribution in [2.45, 2.75) is 19.4 Å². The molecule has 4 amide bonds. The standard InChI is InChI=1S/C22H21N5O3/c1-14-8-10-16(11-9-14)22(2)20(29)27(21(30)25-22)13-18(28)24-17-12-23-26-19(17)15-6-4-3-5-7-15/h3-12H,13H2,1-2H3,(H,23,26)(H,24,28)(H,25,30). The number of aryl methyl sites for hydroxylation is 1. The summed E-state index contributed by atoms with van der Waals surface area (Å²) in [6.45, 7) is 3.18. The number of urea groups is 1. The summed E-state index contributed by atoms with van der Waals surface area (Å²) in [4.78, 5) is 39.0. The number of aromatic nitrogens is 2. The van der Waals surface area contributed by atoms with Crippen molar-refractivity contribution < 1.29 is 14.4 Å². The molecule has 8 heteroatoms. The number of hydrogen-bond donors (Lipinski definition) is 3. The Morgan fingerprint density at radius 1 is 1.10 bits per heavy atom.